The van der Waals surface area contributed by atoms with Gasteiger partial charge < -0.3 is 14.9 Å². The van der Waals surface area contributed by atoms with Gasteiger partial charge in [0.15, 0.2) is 0 Å². The van der Waals surface area contributed by atoms with Gasteiger partial charge in [0.25, 0.3) is 0 Å². The zero-order valence-electron chi connectivity index (χ0n) is 16.5. The van der Waals surface area contributed by atoms with Crippen molar-refractivity contribution in [3.8, 4) is 0 Å². The van der Waals surface area contributed by atoms with Gasteiger partial charge in [0.2, 0.25) is 0 Å². The summed E-state index contributed by atoms with van der Waals surface area (Å²) in [5, 5.41) is 22.0. The van der Waals surface area contributed by atoms with Gasteiger partial charge in [-0.3, -0.25) is 0 Å². The van der Waals surface area contributed by atoms with E-state index in [0.29, 0.717) is 6.42 Å². The van der Waals surface area contributed by atoms with E-state index < -0.39 is 6.10 Å². The third-order valence-corrected chi connectivity index (χ3v) is 8.17. The van der Waals surface area contributed by atoms with Crippen LogP contribution in [-0.2, 0) is 11.2 Å². The molecule has 3 fully saturated rings. The molecule has 148 valence electrons. The molecule has 7 unspecified atom stereocenters. The highest BCUT2D eigenvalue weighted by atomic mass is 32.1. The molecule has 2 heterocycles. The van der Waals surface area contributed by atoms with Crippen molar-refractivity contribution in [2.45, 2.75) is 88.3 Å². The summed E-state index contributed by atoms with van der Waals surface area (Å²) in [6.07, 6.45) is 9.69. The van der Waals surface area contributed by atoms with Gasteiger partial charge in [0.1, 0.15) is 0 Å². The topological polar surface area (TPSA) is 49.7 Å². The Morgan fingerprint density at radius 1 is 1.26 bits per heavy atom. The van der Waals surface area contributed by atoms with Crippen LogP contribution in [0.5, 0.6) is 0 Å². The third-order valence-electron chi connectivity index (χ3n) is 7.13. The molecule has 4 rings (SSSR count). The highest BCUT2D eigenvalue weighted by molar-refractivity contribution is 7.10. The van der Waals surface area contributed by atoms with Crippen molar-refractivity contribution in [3.63, 3.8) is 0 Å². The molecule has 2 saturated carbocycles. The first-order valence-electron chi connectivity index (χ1n) is 10.8. The second-order valence-electron chi connectivity index (χ2n) is 9.48. The van der Waals surface area contributed by atoms with Crippen LogP contribution >= 0.6 is 11.3 Å². The molecular weight excluding hydrogens is 355 g/mol. The zero-order valence-corrected chi connectivity index (χ0v) is 17.3. The Balaban J connectivity index is 1.45. The Kier molecular flexibility index (Phi) is 6.04. The Labute approximate surface area is 168 Å². The Morgan fingerprint density at radius 2 is 2.11 bits per heavy atom. The van der Waals surface area contributed by atoms with Gasteiger partial charge in [-0.25, -0.2) is 0 Å². The van der Waals surface area contributed by atoms with Gasteiger partial charge in [0.05, 0.1) is 32.8 Å². The molecule has 3 aliphatic rings. The molecule has 27 heavy (non-hydrogen) atoms. The van der Waals surface area contributed by atoms with E-state index in [1.807, 2.05) is 6.92 Å². The van der Waals surface area contributed by atoms with Crippen LogP contribution in [0.2, 0.25) is 5.31 Å². The summed E-state index contributed by atoms with van der Waals surface area (Å²) in [5.74, 6) is 1.84. The average Bonchev–Trinajstić information content (AvgIpc) is 3.17. The molecule has 7 atom stereocenters. The van der Waals surface area contributed by atoms with E-state index >= 15 is 0 Å². The van der Waals surface area contributed by atoms with Crippen molar-refractivity contribution in [2.75, 3.05) is 6.61 Å². The lowest BCUT2D eigenvalue weighted by molar-refractivity contribution is -0.144. The first kappa shape index (κ1) is 19.9. The first-order chi connectivity index (χ1) is 13.0. The van der Waals surface area contributed by atoms with E-state index in [4.69, 9.17) is 12.6 Å². The fourth-order valence-corrected chi connectivity index (χ4v) is 6.38. The second-order valence-corrected chi connectivity index (χ2v) is 10.4. The zero-order chi connectivity index (χ0) is 19.0. The number of aliphatic hydroxyl groups excluding tert-OH is 2. The molecule has 2 N–H and O–H groups in total. The largest absolute Gasteiger partial charge is 0.394 e. The molecule has 1 aliphatic heterocycles. The van der Waals surface area contributed by atoms with E-state index in [9.17, 15) is 10.2 Å². The molecule has 3 nitrogen and oxygen atoms in total. The van der Waals surface area contributed by atoms with Gasteiger partial charge >= 0.3 is 0 Å². The average molecular weight is 388 g/mol. The summed E-state index contributed by atoms with van der Waals surface area (Å²) in [7, 11) is 6.93. The minimum atomic E-state index is -0.423. The molecule has 0 aromatic carbocycles. The lowest BCUT2D eigenvalue weighted by Crippen LogP contribution is -2.39. The second kappa shape index (κ2) is 8.18. The lowest BCUT2D eigenvalue weighted by Gasteiger charge is -2.37. The smallest absolute Gasteiger partial charge is 0.0971 e. The summed E-state index contributed by atoms with van der Waals surface area (Å²) >= 11 is 1.71. The fraction of sp³-hybridized carbons (Fsp3) is 0.818. The normalized spacial score (nSPS) is 42.6. The summed E-state index contributed by atoms with van der Waals surface area (Å²) in [6.45, 7) is 2.01. The van der Waals surface area contributed by atoms with Gasteiger partial charge in [-0.05, 0) is 41.7 Å². The van der Waals surface area contributed by atoms with Crippen molar-refractivity contribution in [1.82, 2.24) is 0 Å². The minimum Gasteiger partial charge on any atom is -0.394 e. The maximum atomic E-state index is 10.3. The van der Waals surface area contributed by atoms with Gasteiger partial charge in [-0.1, -0.05) is 50.8 Å². The minimum absolute atomic E-state index is 0.0347. The maximum absolute atomic E-state index is 10.3. The van der Waals surface area contributed by atoms with Gasteiger partial charge in [0, 0.05) is 17.2 Å². The van der Waals surface area contributed by atoms with Crippen LogP contribution in [0, 0.1) is 17.8 Å². The fourth-order valence-electron chi connectivity index (χ4n) is 5.32. The molecule has 0 amide bonds. The Morgan fingerprint density at radius 3 is 2.93 bits per heavy atom. The summed E-state index contributed by atoms with van der Waals surface area (Å²) < 4.78 is 6.08. The molecule has 1 aromatic heterocycles. The summed E-state index contributed by atoms with van der Waals surface area (Å²) in [6, 6.07) is 2.24. The van der Waals surface area contributed by atoms with Crippen molar-refractivity contribution in [3.05, 3.63) is 21.9 Å². The van der Waals surface area contributed by atoms with Crippen molar-refractivity contribution < 1.29 is 14.9 Å². The number of rotatable bonds is 4. The first-order valence-corrected chi connectivity index (χ1v) is 11.7. The van der Waals surface area contributed by atoms with E-state index in [0.717, 1.165) is 29.6 Å². The van der Waals surface area contributed by atoms with Crippen LogP contribution in [0.15, 0.2) is 11.4 Å². The van der Waals surface area contributed by atoms with E-state index in [1.165, 1.54) is 44.1 Å². The van der Waals surface area contributed by atoms with Crippen LogP contribution in [0.4, 0.5) is 0 Å². The number of hydrogen-bond acceptors (Lipinski definition) is 4. The number of thiophene rings is 1. The van der Waals surface area contributed by atoms with Crippen molar-refractivity contribution >= 4 is 19.2 Å². The van der Waals surface area contributed by atoms with Crippen LogP contribution in [0.25, 0.3) is 0 Å². The standard InChI is InChI=1S/C22H33BO3S/c1-14-19(25)9-18(12-24)26-21(14)20-7-15(13-27-20)10-22(23)6-4-2-3-5-16-8-17(16)11-22/h7,13-14,16-19,21,24-25H,2-6,8-12H2,1H3. The predicted molar refractivity (Wildman–Crippen MR) is 110 cm³/mol. The Hall–Kier alpha value is -0.355. The molecule has 0 bridgehead atoms. The quantitative estimate of drug-likeness (QED) is 0.751. The van der Waals surface area contributed by atoms with Gasteiger partial charge in [-0.2, -0.15) is 0 Å². The number of hydrogen-bond donors (Lipinski definition) is 2. The molecule has 5 heteroatoms. The van der Waals surface area contributed by atoms with E-state index in [-0.39, 0.29) is 30.0 Å². The maximum Gasteiger partial charge on any atom is 0.0971 e. The van der Waals surface area contributed by atoms with Crippen LogP contribution in [0.3, 0.4) is 0 Å². The third kappa shape index (κ3) is 4.63. The van der Waals surface area contributed by atoms with Crippen molar-refractivity contribution in [2.24, 2.45) is 17.8 Å². The Bertz CT molecular complexity index is 635. The number of fused-ring (bicyclic) bond motifs is 1. The number of ether oxygens (including phenoxy) is 1. The highest BCUT2D eigenvalue weighted by Gasteiger charge is 2.42. The van der Waals surface area contributed by atoms with Crippen molar-refractivity contribution in [1.29, 1.82) is 0 Å². The molecule has 2 aliphatic carbocycles. The number of aliphatic hydroxyl groups is 2. The van der Waals surface area contributed by atoms with Crippen LogP contribution < -0.4 is 0 Å². The monoisotopic (exact) mass is 388 g/mol. The molecule has 1 aromatic rings. The highest BCUT2D eigenvalue weighted by Crippen LogP contribution is 2.54. The van der Waals surface area contributed by atoms with E-state index in [1.54, 1.807) is 11.3 Å². The molecule has 1 saturated heterocycles. The van der Waals surface area contributed by atoms with Gasteiger partial charge in [-0.15, -0.1) is 11.3 Å². The lowest BCUT2D eigenvalue weighted by atomic mass is 9.59. The van der Waals surface area contributed by atoms with E-state index in [2.05, 4.69) is 11.4 Å². The SMILES string of the molecule is [B]C1(Cc2csc(C3OC(CO)CC(O)C3C)c2)CCCCCC2CC2C1. The predicted octanol–water partition coefficient (Wildman–Crippen LogP) is 4.43. The summed E-state index contributed by atoms with van der Waals surface area (Å²) in [4.78, 5) is 1.16. The molecule has 0 spiro atoms. The van der Waals surface area contributed by atoms with Crippen LogP contribution in [0.1, 0.15) is 74.8 Å². The molecular formula is C22H33BO3S. The molecule has 2 radical (unpaired) electrons. The summed E-state index contributed by atoms with van der Waals surface area (Å²) in [5.41, 5.74) is 1.31. The van der Waals surface area contributed by atoms with Crippen LogP contribution in [-0.4, -0.2) is 36.9 Å².